The second-order valence-corrected chi connectivity index (χ2v) is 4.75. The highest BCUT2D eigenvalue weighted by Gasteiger charge is 2.30. The monoisotopic (exact) mass is 199 g/mol. The third-order valence-electron chi connectivity index (χ3n) is 3.59. The Bertz CT molecular complexity index is 421. The van der Waals surface area contributed by atoms with Crippen LogP contribution in [0, 0.1) is 0 Å². The lowest BCUT2D eigenvalue weighted by molar-refractivity contribution is 0.351. The van der Waals surface area contributed by atoms with Crippen molar-refractivity contribution in [3.05, 3.63) is 46.7 Å². The molecule has 2 heterocycles. The molecule has 2 aliphatic heterocycles. The maximum absolute atomic E-state index is 2.52. The van der Waals surface area contributed by atoms with Gasteiger partial charge in [0.05, 0.1) is 0 Å². The molecule has 0 aromatic rings. The summed E-state index contributed by atoms with van der Waals surface area (Å²) in [6, 6.07) is 0.559. The summed E-state index contributed by atoms with van der Waals surface area (Å²) < 4.78 is 0. The zero-order valence-corrected chi connectivity index (χ0v) is 9.46. The Morgan fingerprint density at radius 2 is 2.27 bits per heavy atom. The van der Waals surface area contributed by atoms with E-state index in [0.29, 0.717) is 6.04 Å². The minimum Gasteiger partial charge on any atom is -0.361 e. The number of hydrogen-bond donors (Lipinski definition) is 0. The van der Waals surface area contributed by atoms with Crippen LogP contribution in [0.5, 0.6) is 0 Å². The smallest absolute Gasteiger partial charge is 0.0454 e. The SMILES string of the molecule is CC1=CC(C)N2CC3=C(CCC=C3)C2=C1. The fourth-order valence-electron chi connectivity index (χ4n) is 2.86. The van der Waals surface area contributed by atoms with E-state index in [9.17, 15) is 0 Å². The fourth-order valence-corrected chi connectivity index (χ4v) is 2.86. The molecule has 0 aromatic heterocycles. The van der Waals surface area contributed by atoms with E-state index in [-0.39, 0.29) is 0 Å². The van der Waals surface area contributed by atoms with Crippen molar-refractivity contribution in [2.45, 2.75) is 32.7 Å². The number of fused-ring (bicyclic) bond motifs is 2. The summed E-state index contributed by atoms with van der Waals surface area (Å²) in [5.41, 5.74) is 6.04. The van der Waals surface area contributed by atoms with E-state index in [4.69, 9.17) is 0 Å². The first-order chi connectivity index (χ1) is 7.25. The van der Waals surface area contributed by atoms with Crippen molar-refractivity contribution >= 4 is 0 Å². The molecule has 1 unspecified atom stereocenters. The van der Waals surface area contributed by atoms with Crippen molar-refractivity contribution < 1.29 is 0 Å². The largest absolute Gasteiger partial charge is 0.361 e. The van der Waals surface area contributed by atoms with Crippen molar-refractivity contribution in [3.8, 4) is 0 Å². The van der Waals surface area contributed by atoms with E-state index < -0.39 is 0 Å². The molecular weight excluding hydrogens is 182 g/mol. The molecule has 0 bridgehead atoms. The lowest BCUT2D eigenvalue weighted by atomic mass is 9.96. The van der Waals surface area contributed by atoms with Gasteiger partial charge in [-0.3, -0.25) is 0 Å². The first kappa shape index (κ1) is 9.02. The third-order valence-corrected chi connectivity index (χ3v) is 3.59. The maximum atomic E-state index is 2.52. The van der Waals surface area contributed by atoms with Gasteiger partial charge in [-0.1, -0.05) is 23.8 Å². The van der Waals surface area contributed by atoms with Crippen LogP contribution in [0.4, 0.5) is 0 Å². The van der Waals surface area contributed by atoms with Gasteiger partial charge in [-0.25, -0.2) is 0 Å². The topological polar surface area (TPSA) is 3.24 Å². The van der Waals surface area contributed by atoms with E-state index >= 15 is 0 Å². The van der Waals surface area contributed by atoms with Gasteiger partial charge >= 0.3 is 0 Å². The Labute approximate surface area is 91.5 Å². The van der Waals surface area contributed by atoms with Crippen LogP contribution in [0.1, 0.15) is 26.7 Å². The minimum atomic E-state index is 0.559. The molecule has 0 aromatic carbocycles. The Morgan fingerprint density at radius 3 is 3.13 bits per heavy atom. The Hall–Kier alpha value is -1.24. The normalized spacial score (nSPS) is 28.7. The zero-order valence-electron chi connectivity index (χ0n) is 9.46. The molecule has 15 heavy (non-hydrogen) atoms. The van der Waals surface area contributed by atoms with Gasteiger partial charge in [0.15, 0.2) is 0 Å². The average Bonchev–Trinajstić information content (AvgIpc) is 2.57. The summed E-state index contributed by atoms with van der Waals surface area (Å²) >= 11 is 0. The first-order valence-corrected chi connectivity index (χ1v) is 5.81. The van der Waals surface area contributed by atoms with Gasteiger partial charge in [-0.05, 0) is 43.9 Å². The molecule has 78 valence electrons. The van der Waals surface area contributed by atoms with Crippen molar-refractivity contribution in [1.82, 2.24) is 4.90 Å². The maximum Gasteiger partial charge on any atom is 0.0454 e. The van der Waals surface area contributed by atoms with Crippen LogP contribution >= 0.6 is 0 Å². The predicted octanol–water partition coefficient (Wildman–Crippen LogP) is 3.18. The van der Waals surface area contributed by atoms with E-state index in [1.54, 1.807) is 11.1 Å². The molecule has 0 saturated carbocycles. The van der Waals surface area contributed by atoms with Crippen molar-refractivity contribution in [3.63, 3.8) is 0 Å². The molecule has 0 radical (unpaired) electrons. The molecule has 0 amide bonds. The van der Waals surface area contributed by atoms with E-state index in [1.807, 2.05) is 0 Å². The van der Waals surface area contributed by atoms with Gasteiger partial charge in [0.1, 0.15) is 0 Å². The standard InChI is InChI=1S/C14H17N/c1-10-7-11(2)15-9-12-5-3-4-6-13(12)14(15)8-10/h3,5,7-8,11H,4,6,9H2,1-2H3. The van der Waals surface area contributed by atoms with E-state index in [0.717, 1.165) is 6.54 Å². The van der Waals surface area contributed by atoms with Crippen molar-refractivity contribution in [1.29, 1.82) is 0 Å². The van der Waals surface area contributed by atoms with Gasteiger partial charge < -0.3 is 4.90 Å². The number of rotatable bonds is 0. The van der Waals surface area contributed by atoms with Crippen LogP contribution in [0.2, 0.25) is 0 Å². The van der Waals surface area contributed by atoms with Gasteiger partial charge in [-0.2, -0.15) is 0 Å². The van der Waals surface area contributed by atoms with Gasteiger partial charge in [0.2, 0.25) is 0 Å². The van der Waals surface area contributed by atoms with Crippen molar-refractivity contribution in [2.75, 3.05) is 6.54 Å². The molecular formula is C14H17N. The number of allylic oxidation sites excluding steroid dienone is 4. The number of nitrogens with zero attached hydrogens (tertiary/aromatic N) is 1. The molecule has 0 N–H and O–H groups in total. The Kier molecular flexibility index (Phi) is 1.88. The van der Waals surface area contributed by atoms with Gasteiger partial charge in [0, 0.05) is 18.3 Å². The molecule has 3 rings (SSSR count). The summed E-state index contributed by atoms with van der Waals surface area (Å²) in [4.78, 5) is 2.52. The molecule has 0 saturated heterocycles. The quantitative estimate of drug-likeness (QED) is 0.579. The highest BCUT2D eigenvalue weighted by Crippen LogP contribution is 2.38. The van der Waals surface area contributed by atoms with Crippen LogP contribution < -0.4 is 0 Å². The molecule has 1 atom stereocenters. The summed E-state index contributed by atoms with van der Waals surface area (Å²) in [6.07, 6.45) is 11.8. The van der Waals surface area contributed by atoms with Crippen LogP contribution in [0.25, 0.3) is 0 Å². The molecule has 1 heteroatoms. The van der Waals surface area contributed by atoms with E-state index in [2.05, 4.69) is 43.1 Å². The Morgan fingerprint density at radius 1 is 1.40 bits per heavy atom. The first-order valence-electron chi connectivity index (χ1n) is 5.81. The second-order valence-electron chi connectivity index (χ2n) is 4.75. The minimum absolute atomic E-state index is 0.559. The van der Waals surface area contributed by atoms with Crippen LogP contribution in [-0.4, -0.2) is 17.5 Å². The molecule has 1 aliphatic carbocycles. The summed E-state index contributed by atoms with van der Waals surface area (Å²) in [5.74, 6) is 0. The second kappa shape index (κ2) is 3.13. The lowest BCUT2D eigenvalue weighted by Gasteiger charge is -2.30. The summed E-state index contributed by atoms with van der Waals surface area (Å²) in [6.45, 7) is 5.61. The fraction of sp³-hybridized carbons (Fsp3) is 0.429. The highest BCUT2D eigenvalue weighted by molar-refractivity contribution is 5.52. The van der Waals surface area contributed by atoms with E-state index in [1.165, 1.54) is 24.1 Å². The van der Waals surface area contributed by atoms with Crippen LogP contribution in [0.15, 0.2) is 46.7 Å². The highest BCUT2D eigenvalue weighted by atomic mass is 15.2. The van der Waals surface area contributed by atoms with Crippen molar-refractivity contribution in [2.24, 2.45) is 0 Å². The third kappa shape index (κ3) is 1.30. The molecule has 0 fully saturated rings. The zero-order chi connectivity index (χ0) is 10.4. The lowest BCUT2D eigenvalue weighted by Crippen LogP contribution is -2.31. The molecule has 0 spiro atoms. The molecule has 1 nitrogen and oxygen atoms in total. The summed E-state index contributed by atoms with van der Waals surface area (Å²) in [7, 11) is 0. The van der Waals surface area contributed by atoms with Crippen LogP contribution in [0.3, 0.4) is 0 Å². The van der Waals surface area contributed by atoms with Gasteiger partial charge in [-0.15, -0.1) is 0 Å². The predicted molar refractivity (Wildman–Crippen MR) is 63.4 cm³/mol. The van der Waals surface area contributed by atoms with Crippen LogP contribution in [-0.2, 0) is 0 Å². The molecule has 3 aliphatic rings. The summed E-state index contributed by atoms with van der Waals surface area (Å²) in [5, 5.41) is 0. The number of hydrogen-bond acceptors (Lipinski definition) is 1. The van der Waals surface area contributed by atoms with Gasteiger partial charge in [0.25, 0.3) is 0 Å². The Balaban J connectivity index is 2.05. The average molecular weight is 199 g/mol.